The molecule has 0 aromatic heterocycles. The number of sulfone groups is 1. The van der Waals surface area contributed by atoms with Gasteiger partial charge in [0.25, 0.3) is 0 Å². The predicted molar refractivity (Wildman–Crippen MR) is 52.5 cm³/mol. The highest BCUT2D eigenvalue weighted by molar-refractivity contribution is 7.91. The molecule has 0 saturated carbocycles. The summed E-state index contributed by atoms with van der Waals surface area (Å²) in [6, 6.07) is 4.24. The summed E-state index contributed by atoms with van der Waals surface area (Å²) in [5.41, 5.74) is 0. The molecular weight excluding hydrogens is 243 g/mol. The standard InChI is InChI=1S/C8H9FO4S2/c1-2-14(10,11)7-4-3-5-8(6-7)15(9,12)13/h3-6H,2H2,1H3. The Labute approximate surface area is 87.9 Å². The minimum absolute atomic E-state index is 0.164. The van der Waals surface area contributed by atoms with E-state index in [0.717, 1.165) is 12.1 Å². The topological polar surface area (TPSA) is 68.3 Å². The highest BCUT2D eigenvalue weighted by Gasteiger charge is 2.17. The van der Waals surface area contributed by atoms with E-state index in [0.29, 0.717) is 0 Å². The average Bonchev–Trinajstić information content (AvgIpc) is 2.17. The summed E-state index contributed by atoms with van der Waals surface area (Å²) in [4.78, 5) is -0.833. The van der Waals surface area contributed by atoms with Crippen LogP contribution in [-0.2, 0) is 20.1 Å². The van der Waals surface area contributed by atoms with Crippen LogP contribution in [0, 0.1) is 0 Å². The molecule has 4 nitrogen and oxygen atoms in total. The van der Waals surface area contributed by atoms with Crippen LogP contribution in [0.3, 0.4) is 0 Å². The van der Waals surface area contributed by atoms with Gasteiger partial charge in [0.05, 0.1) is 15.5 Å². The van der Waals surface area contributed by atoms with Crippen molar-refractivity contribution < 1.29 is 20.7 Å². The zero-order valence-electron chi connectivity index (χ0n) is 7.84. The van der Waals surface area contributed by atoms with E-state index < -0.39 is 25.0 Å². The highest BCUT2D eigenvalue weighted by atomic mass is 32.3. The molecule has 0 aliphatic heterocycles. The third-order valence-electron chi connectivity index (χ3n) is 1.83. The minimum atomic E-state index is -4.86. The van der Waals surface area contributed by atoms with Gasteiger partial charge in [0, 0.05) is 0 Å². The van der Waals surface area contributed by atoms with Gasteiger partial charge >= 0.3 is 10.2 Å². The van der Waals surface area contributed by atoms with Crippen molar-refractivity contribution in [2.45, 2.75) is 16.7 Å². The second-order valence-corrected chi connectivity index (χ2v) is 6.44. The highest BCUT2D eigenvalue weighted by Crippen LogP contribution is 2.18. The van der Waals surface area contributed by atoms with Crippen molar-refractivity contribution in [3.05, 3.63) is 24.3 Å². The lowest BCUT2D eigenvalue weighted by molar-refractivity contribution is 0.552. The Morgan fingerprint density at radius 1 is 1.13 bits per heavy atom. The third-order valence-corrected chi connectivity index (χ3v) is 4.38. The zero-order valence-corrected chi connectivity index (χ0v) is 9.48. The fourth-order valence-corrected chi connectivity index (χ4v) is 2.50. The van der Waals surface area contributed by atoms with Crippen LogP contribution in [0.25, 0.3) is 0 Å². The molecule has 0 saturated heterocycles. The largest absolute Gasteiger partial charge is 0.332 e. The number of benzene rings is 1. The Kier molecular flexibility index (Phi) is 3.15. The third kappa shape index (κ3) is 2.75. The summed E-state index contributed by atoms with van der Waals surface area (Å²) >= 11 is 0. The summed E-state index contributed by atoms with van der Waals surface area (Å²) in [5, 5.41) is 0. The van der Waals surface area contributed by atoms with E-state index in [1.165, 1.54) is 19.1 Å². The Morgan fingerprint density at radius 2 is 1.67 bits per heavy atom. The molecule has 0 aliphatic rings. The summed E-state index contributed by atoms with van der Waals surface area (Å²) in [6.07, 6.45) is 0. The molecule has 84 valence electrons. The number of hydrogen-bond acceptors (Lipinski definition) is 4. The lowest BCUT2D eigenvalue weighted by Gasteiger charge is -2.01. The Hall–Kier alpha value is -0.950. The van der Waals surface area contributed by atoms with Crippen LogP contribution >= 0.6 is 0 Å². The first-order valence-corrected chi connectivity index (χ1v) is 7.08. The molecule has 0 radical (unpaired) electrons. The van der Waals surface area contributed by atoms with Gasteiger partial charge < -0.3 is 0 Å². The molecule has 0 heterocycles. The Bertz CT molecular complexity index is 560. The SMILES string of the molecule is CCS(=O)(=O)c1cccc(S(=O)(=O)F)c1. The van der Waals surface area contributed by atoms with Gasteiger partial charge in [-0.25, -0.2) is 8.42 Å². The predicted octanol–water partition coefficient (Wildman–Crippen LogP) is 1.14. The van der Waals surface area contributed by atoms with Gasteiger partial charge in [-0.15, -0.1) is 3.89 Å². The van der Waals surface area contributed by atoms with E-state index >= 15 is 0 Å². The van der Waals surface area contributed by atoms with E-state index in [-0.39, 0.29) is 10.6 Å². The second-order valence-electron chi connectivity index (χ2n) is 2.82. The van der Waals surface area contributed by atoms with E-state index in [2.05, 4.69) is 0 Å². The molecule has 1 aromatic carbocycles. The Morgan fingerprint density at radius 3 is 2.13 bits per heavy atom. The zero-order chi connectivity index (χ0) is 11.7. The number of halogens is 1. The van der Waals surface area contributed by atoms with Crippen molar-refractivity contribution in [2.75, 3.05) is 5.75 Å². The molecule has 7 heteroatoms. The first-order chi connectivity index (χ1) is 6.77. The van der Waals surface area contributed by atoms with Gasteiger partial charge in [0.15, 0.2) is 9.84 Å². The number of hydrogen-bond donors (Lipinski definition) is 0. The fourth-order valence-electron chi connectivity index (χ4n) is 0.986. The number of rotatable bonds is 3. The molecule has 0 bridgehead atoms. The first kappa shape index (κ1) is 12.1. The van der Waals surface area contributed by atoms with E-state index in [9.17, 15) is 20.7 Å². The van der Waals surface area contributed by atoms with Gasteiger partial charge in [-0.2, -0.15) is 8.42 Å². The lowest BCUT2D eigenvalue weighted by Crippen LogP contribution is -2.04. The molecule has 0 aliphatic carbocycles. The van der Waals surface area contributed by atoms with E-state index in [1.807, 2.05) is 0 Å². The lowest BCUT2D eigenvalue weighted by atomic mass is 10.4. The van der Waals surface area contributed by atoms with Crippen LogP contribution in [0.15, 0.2) is 34.1 Å². The maximum absolute atomic E-state index is 12.6. The molecule has 15 heavy (non-hydrogen) atoms. The van der Waals surface area contributed by atoms with Crippen molar-refractivity contribution in [3.8, 4) is 0 Å². The van der Waals surface area contributed by atoms with Crippen molar-refractivity contribution in [1.29, 1.82) is 0 Å². The normalized spacial score (nSPS) is 12.7. The molecule has 0 N–H and O–H groups in total. The molecule has 0 unspecified atom stereocenters. The summed E-state index contributed by atoms with van der Waals surface area (Å²) in [5.74, 6) is -0.164. The Balaban J connectivity index is 3.39. The minimum Gasteiger partial charge on any atom is -0.224 e. The molecule has 0 spiro atoms. The van der Waals surface area contributed by atoms with Gasteiger partial charge in [0.1, 0.15) is 0 Å². The maximum atomic E-state index is 12.6. The van der Waals surface area contributed by atoms with Crippen LogP contribution in [0.2, 0.25) is 0 Å². The molecule has 0 fully saturated rings. The molecule has 0 atom stereocenters. The van der Waals surface area contributed by atoms with Crippen molar-refractivity contribution >= 4 is 20.1 Å². The van der Waals surface area contributed by atoms with Crippen LogP contribution in [0.1, 0.15) is 6.92 Å². The van der Waals surface area contributed by atoms with Gasteiger partial charge in [-0.1, -0.05) is 13.0 Å². The van der Waals surface area contributed by atoms with Crippen LogP contribution in [-0.4, -0.2) is 22.6 Å². The van der Waals surface area contributed by atoms with E-state index in [1.54, 1.807) is 0 Å². The van der Waals surface area contributed by atoms with Gasteiger partial charge in [0.2, 0.25) is 0 Å². The van der Waals surface area contributed by atoms with Crippen molar-refractivity contribution in [1.82, 2.24) is 0 Å². The summed E-state index contributed by atoms with van der Waals surface area (Å²) < 4.78 is 56.4. The summed E-state index contributed by atoms with van der Waals surface area (Å²) in [7, 11) is -8.37. The quantitative estimate of drug-likeness (QED) is 0.756. The van der Waals surface area contributed by atoms with Crippen LogP contribution in [0.5, 0.6) is 0 Å². The fraction of sp³-hybridized carbons (Fsp3) is 0.250. The van der Waals surface area contributed by atoms with Crippen LogP contribution < -0.4 is 0 Å². The van der Waals surface area contributed by atoms with Crippen molar-refractivity contribution in [3.63, 3.8) is 0 Å². The summed E-state index contributed by atoms with van der Waals surface area (Å²) in [6.45, 7) is 1.42. The second kappa shape index (κ2) is 3.90. The van der Waals surface area contributed by atoms with Gasteiger partial charge in [-0.3, -0.25) is 0 Å². The van der Waals surface area contributed by atoms with Crippen molar-refractivity contribution in [2.24, 2.45) is 0 Å². The maximum Gasteiger partial charge on any atom is 0.332 e. The molecule has 0 amide bonds. The molecule has 1 rings (SSSR count). The monoisotopic (exact) mass is 252 g/mol. The van der Waals surface area contributed by atoms with Crippen LogP contribution in [0.4, 0.5) is 3.89 Å². The molecule has 1 aromatic rings. The smallest absolute Gasteiger partial charge is 0.224 e. The van der Waals surface area contributed by atoms with E-state index in [4.69, 9.17) is 0 Å². The molecular formula is C8H9FO4S2. The first-order valence-electron chi connectivity index (χ1n) is 4.05. The van der Waals surface area contributed by atoms with Gasteiger partial charge in [-0.05, 0) is 18.2 Å². The average molecular weight is 252 g/mol.